The predicted octanol–water partition coefficient (Wildman–Crippen LogP) is 0.572. The second-order valence-electron chi connectivity index (χ2n) is 1.70. The monoisotopic (exact) mass is 139 g/mol. The Bertz CT molecular complexity index is 261. The van der Waals surface area contributed by atoms with E-state index < -0.39 is 4.92 Å². The van der Waals surface area contributed by atoms with Crippen LogP contribution < -0.4 is 5.73 Å². The van der Waals surface area contributed by atoms with Crippen molar-refractivity contribution in [3.8, 4) is 0 Å². The number of hydrogen-bond acceptors (Lipinski definition) is 4. The highest BCUT2D eigenvalue weighted by atomic mass is 16.6. The molecule has 0 radical (unpaired) electrons. The standard InChI is InChI=1S/C5H5N3O2/c6-4-1-2-7-5(3-4)8(9)10/h1-3H,(H2,6,7). The second kappa shape index (κ2) is 2.30. The number of nitrogens with zero attached hydrogens (tertiary/aromatic N) is 2. The molecule has 1 aromatic rings. The molecule has 0 atom stereocenters. The smallest absolute Gasteiger partial charge is 0.365 e. The molecule has 0 aliphatic rings. The summed E-state index contributed by atoms with van der Waals surface area (Å²) in [4.78, 5) is 12.9. The Morgan fingerprint density at radius 1 is 1.70 bits per heavy atom. The molecule has 1 aromatic heterocycles. The molecule has 0 aromatic carbocycles. The number of pyridine rings is 1. The zero-order chi connectivity index (χ0) is 7.56. The first-order chi connectivity index (χ1) is 4.70. The third-order valence-electron chi connectivity index (χ3n) is 0.957. The van der Waals surface area contributed by atoms with Crippen LogP contribution in [0.25, 0.3) is 0 Å². The lowest BCUT2D eigenvalue weighted by Gasteiger charge is -1.90. The topological polar surface area (TPSA) is 82.0 Å². The lowest BCUT2D eigenvalue weighted by Crippen LogP contribution is -1.93. The van der Waals surface area contributed by atoms with Gasteiger partial charge in [-0.15, -0.1) is 0 Å². The van der Waals surface area contributed by atoms with Gasteiger partial charge in [0, 0.05) is 11.8 Å². The SMILES string of the molecule is Nc1ccnc([N+](=O)[O-])c1. The van der Waals surface area contributed by atoms with Crippen LogP contribution in [0.4, 0.5) is 11.5 Å². The number of nitrogen functional groups attached to an aromatic ring is 1. The van der Waals surface area contributed by atoms with E-state index in [-0.39, 0.29) is 5.82 Å². The minimum Gasteiger partial charge on any atom is -0.398 e. The number of nitro groups is 1. The van der Waals surface area contributed by atoms with Gasteiger partial charge < -0.3 is 15.8 Å². The molecule has 0 amide bonds. The van der Waals surface area contributed by atoms with E-state index in [4.69, 9.17) is 5.73 Å². The summed E-state index contributed by atoms with van der Waals surface area (Å²) < 4.78 is 0. The van der Waals surface area contributed by atoms with Gasteiger partial charge in [-0.2, -0.15) is 0 Å². The first kappa shape index (κ1) is 6.47. The van der Waals surface area contributed by atoms with Crippen LogP contribution in [0.2, 0.25) is 0 Å². The Morgan fingerprint density at radius 2 is 2.40 bits per heavy atom. The Balaban J connectivity index is 3.07. The van der Waals surface area contributed by atoms with Crippen molar-refractivity contribution < 1.29 is 4.92 Å². The second-order valence-corrected chi connectivity index (χ2v) is 1.70. The Kier molecular flexibility index (Phi) is 1.49. The van der Waals surface area contributed by atoms with Gasteiger partial charge in [0.2, 0.25) is 0 Å². The minimum atomic E-state index is -0.587. The quantitative estimate of drug-likeness (QED) is 0.455. The highest BCUT2D eigenvalue weighted by Gasteiger charge is 2.03. The maximum atomic E-state index is 10.0. The fraction of sp³-hybridized carbons (Fsp3) is 0. The number of nitrogens with two attached hydrogens (primary N) is 1. The van der Waals surface area contributed by atoms with Gasteiger partial charge in [0.1, 0.15) is 6.20 Å². The largest absolute Gasteiger partial charge is 0.398 e. The summed E-state index contributed by atoms with van der Waals surface area (Å²) in [5, 5.41) is 10.0. The highest BCUT2D eigenvalue weighted by Crippen LogP contribution is 2.09. The maximum Gasteiger partial charge on any atom is 0.365 e. The van der Waals surface area contributed by atoms with Crippen LogP contribution in [0.5, 0.6) is 0 Å². The molecule has 0 bridgehead atoms. The molecule has 0 spiro atoms. The third kappa shape index (κ3) is 1.19. The molecule has 0 aliphatic carbocycles. The first-order valence-electron chi connectivity index (χ1n) is 2.56. The molecule has 0 unspecified atom stereocenters. The fourth-order valence-corrected chi connectivity index (χ4v) is 0.534. The van der Waals surface area contributed by atoms with Crippen LogP contribution in [0.1, 0.15) is 0 Å². The van der Waals surface area contributed by atoms with Crippen molar-refractivity contribution in [3.05, 3.63) is 28.4 Å². The van der Waals surface area contributed by atoms with Crippen LogP contribution in [0.15, 0.2) is 18.3 Å². The molecule has 0 saturated heterocycles. The van der Waals surface area contributed by atoms with Gasteiger partial charge in [-0.05, 0) is 9.91 Å². The summed E-state index contributed by atoms with van der Waals surface area (Å²) in [6, 6.07) is 2.70. The number of rotatable bonds is 1. The lowest BCUT2D eigenvalue weighted by atomic mass is 10.4. The minimum absolute atomic E-state index is 0.222. The summed E-state index contributed by atoms with van der Waals surface area (Å²) >= 11 is 0. The van der Waals surface area contributed by atoms with Gasteiger partial charge in [0.05, 0.1) is 6.07 Å². The Morgan fingerprint density at radius 3 is 2.80 bits per heavy atom. The van der Waals surface area contributed by atoms with Gasteiger partial charge >= 0.3 is 5.82 Å². The van der Waals surface area contributed by atoms with Crippen molar-refractivity contribution in [1.29, 1.82) is 0 Å². The molecular formula is C5H5N3O2. The normalized spacial score (nSPS) is 9.20. The lowest BCUT2D eigenvalue weighted by molar-refractivity contribution is -0.389. The van der Waals surface area contributed by atoms with Crippen LogP contribution in [0.3, 0.4) is 0 Å². The maximum absolute atomic E-state index is 10.0. The summed E-state index contributed by atoms with van der Waals surface area (Å²) in [6.45, 7) is 0. The predicted molar refractivity (Wildman–Crippen MR) is 35.3 cm³/mol. The average Bonchev–Trinajstić information content (AvgIpc) is 1.88. The van der Waals surface area contributed by atoms with Crippen LogP contribution in [-0.2, 0) is 0 Å². The molecule has 52 valence electrons. The van der Waals surface area contributed by atoms with Gasteiger partial charge in [-0.25, -0.2) is 0 Å². The number of anilines is 1. The zero-order valence-electron chi connectivity index (χ0n) is 5.02. The Hall–Kier alpha value is -1.65. The molecule has 2 N–H and O–H groups in total. The summed E-state index contributed by atoms with van der Waals surface area (Å²) in [6.07, 6.45) is 1.30. The van der Waals surface area contributed by atoms with Gasteiger partial charge in [0.25, 0.3) is 0 Å². The first-order valence-corrected chi connectivity index (χ1v) is 2.56. The van der Waals surface area contributed by atoms with Crippen molar-refractivity contribution in [1.82, 2.24) is 4.98 Å². The van der Waals surface area contributed by atoms with Gasteiger partial charge in [0.15, 0.2) is 0 Å². The molecule has 1 rings (SSSR count). The Labute approximate surface area is 56.6 Å². The van der Waals surface area contributed by atoms with Crippen molar-refractivity contribution >= 4 is 11.5 Å². The van der Waals surface area contributed by atoms with E-state index in [9.17, 15) is 10.1 Å². The van der Waals surface area contributed by atoms with Crippen molar-refractivity contribution in [2.45, 2.75) is 0 Å². The molecule has 10 heavy (non-hydrogen) atoms. The molecule has 0 saturated carbocycles. The van der Waals surface area contributed by atoms with Crippen molar-refractivity contribution in [2.75, 3.05) is 5.73 Å². The molecule has 5 nitrogen and oxygen atoms in total. The zero-order valence-corrected chi connectivity index (χ0v) is 5.02. The molecule has 5 heteroatoms. The van der Waals surface area contributed by atoms with Crippen LogP contribution >= 0.6 is 0 Å². The van der Waals surface area contributed by atoms with Crippen molar-refractivity contribution in [3.63, 3.8) is 0 Å². The van der Waals surface area contributed by atoms with E-state index in [1.807, 2.05) is 0 Å². The highest BCUT2D eigenvalue weighted by molar-refractivity contribution is 5.41. The van der Waals surface area contributed by atoms with E-state index in [1.54, 1.807) is 0 Å². The van der Waals surface area contributed by atoms with E-state index >= 15 is 0 Å². The summed E-state index contributed by atoms with van der Waals surface area (Å²) in [5.74, 6) is -0.222. The van der Waals surface area contributed by atoms with Crippen molar-refractivity contribution in [2.24, 2.45) is 0 Å². The van der Waals surface area contributed by atoms with E-state index in [0.29, 0.717) is 5.69 Å². The number of aromatic nitrogens is 1. The van der Waals surface area contributed by atoms with E-state index in [0.717, 1.165) is 0 Å². The fourth-order valence-electron chi connectivity index (χ4n) is 0.534. The van der Waals surface area contributed by atoms with Crippen LogP contribution in [-0.4, -0.2) is 9.91 Å². The van der Waals surface area contributed by atoms with E-state index in [2.05, 4.69) is 4.98 Å². The third-order valence-corrected chi connectivity index (χ3v) is 0.957. The average molecular weight is 139 g/mol. The van der Waals surface area contributed by atoms with Gasteiger partial charge in [-0.1, -0.05) is 0 Å². The molecular weight excluding hydrogens is 134 g/mol. The summed E-state index contributed by atoms with van der Waals surface area (Å²) in [7, 11) is 0. The summed E-state index contributed by atoms with van der Waals surface area (Å²) in [5.41, 5.74) is 5.60. The van der Waals surface area contributed by atoms with E-state index in [1.165, 1.54) is 18.3 Å². The molecule has 0 aliphatic heterocycles. The number of hydrogen-bond donors (Lipinski definition) is 1. The van der Waals surface area contributed by atoms with Crippen LogP contribution in [0, 0.1) is 10.1 Å². The molecule has 0 fully saturated rings. The molecule has 1 heterocycles. The van der Waals surface area contributed by atoms with Gasteiger partial charge in [-0.3, -0.25) is 0 Å².